The Morgan fingerprint density at radius 1 is 1.48 bits per heavy atom. The molecule has 0 bridgehead atoms. The molecule has 1 aromatic carbocycles. The number of aromatic carboxylic acids is 1. The lowest BCUT2D eigenvalue weighted by Gasteiger charge is -2.45. The maximum Gasteiger partial charge on any atom is 0.337 e. The van der Waals surface area contributed by atoms with Crippen LogP contribution in [0.2, 0.25) is 5.02 Å². The van der Waals surface area contributed by atoms with Crippen molar-refractivity contribution in [2.75, 3.05) is 5.32 Å². The van der Waals surface area contributed by atoms with Crippen molar-refractivity contribution >= 4 is 23.3 Å². The van der Waals surface area contributed by atoms with Crippen molar-refractivity contribution in [1.82, 2.24) is 0 Å². The second-order valence-electron chi connectivity index (χ2n) is 4.28. The summed E-state index contributed by atoms with van der Waals surface area (Å²) in [6, 6.07) is 5.45. The van der Waals surface area contributed by atoms with Gasteiger partial charge in [0.1, 0.15) is 5.76 Å². The fourth-order valence-corrected chi connectivity index (χ4v) is 2.05. The first-order valence-corrected chi connectivity index (χ1v) is 6.20. The van der Waals surface area contributed by atoms with E-state index in [0.29, 0.717) is 5.76 Å². The lowest BCUT2D eigenvalue weighted by molar-refractivity contribution is -0.734. The normalized spacial score (nSPS) is 11.4. The summed E-state index contributed by atoms with van der Waals surface area (Å²) in [6.07, 6.45) is 1.48. The van der Waals surface area contributed by atoms with Crippen LogP contribution in [0.25, 0.3) is 0 Å². The summed E-state index contributed by atoms with van der Waals surface area (Å²) >= 11 is 5.81. The summed E-state index contributed by atoms with van der Waals surface area (Å²) in [5.74, 6) is -3.97. The zero-order valence-electron chi connectivity index (χ0n) is 10.6. The van der Waals surface area contributed by atoms with Crippen LogP contribution in [0, 0.1) is 0 Å². The van der Waals surface area contributed by atoms with Crippen LogP contribution in [-0.4, -0.2) is 11.1 Å². The average Bonchev–Trinajstić information content (AvgIpc) is 2.87. The van der Waals surface area contributed by atoms with E-state index in [9.17, 15) is 15.0 Å². The molecule has 0 unspecified atom stereocenters. The minimum atomic E-state index is -3.22. The van der Waals surface area contributed by atoms with Crippen LogP contribution in [0.15, 0.2) is 34.9 Å². The van der Waals surface area contributed by atoms with Gasteiger partial charge in [-0.05, 0) is 29.8 Å². The first-order valence-electron chi connectivity index (χ1n) is 5.82. The van der Waals surface area contributed by atoms with E-state index in [1.54, 1.807) is 12.1 Å². The van der Waals surface area contributed by atoms with E-state index in [0.717, 1.165) is 6.07 Å². The third-order valence-corrected chi connectivity index (χ3v) is 3.06. The third-order valence-electron chi connectivity index (χ3n) is 2.75. The molecule has 0 amide bonds. The van der Waals surface area contributed by atoms with E-state index in [1.807, 2.05) is 0 Å². The number of anilines is 1. The van der Waals surface area contributed by atoms with Crippen molar-refractivity contribution in [3.8, 4) is 0 Å². The number of carboxylic acid groups (broad SMARTS) is 1. The van der Waals surface area contributed by atoms with Crippen molar-refractivity contribution in [3.05, 3.63) is 52.4 Å². The van der Waals surface area contributed by atoms with Crippen molar-refractivity contribution in [1.29, 1.82) is 0 Å². The zero-order chi connectivity index (χ0) is 15.6. The summed E-state index contributed by atoms with van der Waals surface area (Å²) in [4.78, 5) is 11.2. The van der Waals surface area contributed by atoms with E-state index in [-0.39, 0.29) is 22.8 Å². The Balaban J connectivity index is 2.36. The first-order chi connectivity index (χ1) is 9.79. The zero-order valence-corrected chi connectivity index (χ0v) is 11.4. The summed E-state index contributed by atoms with van der Waals surface area (Å²) in [5, 5.41) is 34.3. The molecule has 0 aliphatic carbocycles. The fourth-order valence-electron chi connectivity index (χ4n) is 1.76. The molecule has 0 fully saturated rings. The molecule has 4 N–H and O–H groups in total. The Labute approximate surface area is 124 Å². The second-order valence-corrected chi connectivity index (χ2v) is 4.69. The van der Waals surface area contributed by atoms with Crippen LogP contribution < -0.4 is 21.3 Å². The van der Waals surface area contributed by atoms with Crippen LogP contribution in [0.1, 0.15) is 21.7 Å². The molecule has 1 heterocycles. The quantitative estimate of drug-likeness (QED) is 0.663. The van der Waals surface area contributed by atoms with E-state index < -0.39 is 17.4 Å². The van der Waals surface area contributed by atoms with Gasteiger partial charge >= 0.3 is 5.97 Å². The minimum absolute atomic E-state index is 0.150. The van der Waals surface area contributed by atoms with Gasteiger partial charge in [-0.25, -0.2) is 4.79 Å². The molecule has 8 heteroatoms. The monoisotopic (exact) mass is 310 g/mol. The van der Waals surface area contributed by atoms with Gasteiger partial charge in [-0.15, -0.1) is 5.91 Å². The number of furan rings is 1. The summed E-state index contributed by atoms with van der Waals surface area (Å²) in [6.45, 7) is 0.214. The number of halogens is 1. The van der Waals surface area contributed by atoms with Crippen LogP contribution in [0.5, 0.6) is 0 Å². The van der Waals surface area contributed by atoms with E-state index in [4.69, 9.17) is 26.9 Å². The number of hydrogen-bond donors (Lipinski definition) is 3. The maximum absolute atomic E-state index is 11.3. The van der Waals surface area contributed by atoms with Gasteiger partial charge in [0.25, 0.3) is 0 Å². The topological polar surface area (TPSA) is 135 Å². The first kappa shape index (κ1) is 15.3. The Morgan fingerprint density at radius 2 is 2.19 bits per heavy atom. The van der Waals surface area contributed by atoms with E-state index >= 15 is 0 Å². The Morgan fingerprint density at radius 3 is 2.71 bits per heavy atom. The predicted octanol–water partition coefficient (Wildman–Crippen LogP) is 0.0329. The van der Waals surface area contributed by atoms with Gasteiger partial charge in [-0.1, -0.05) is 11.6 Å². The molecule has 0 atom stereocenters. The molecule has 0 radical (unpaired) electrons. The van der Waals surface area contributed by atoms with Crippen LogP contribution in [-0.2, 0) is 12.5 Å². The molecule has 0 saturated heterocycles. The number of nitrogens with one attached hydrogen (secondary N) is 1. The summed E-state index contributed by atoms with van der Waals surface area (Å²) in [7, 11) is 0. The van der Waals surface area contributed by atoms with Crippen molar-refractivity contribution in [2.24, 2.45) is 5.73 Å². The molecule has 0 spiro atoms. The van der Waals surface area contributed by atoms with Crippen LogP contribution >= 0.6 is 11.6 Å². The SMILES string of the molecule is NC([O-])([O-])c1cc(C(=O)O)c(NCc2ccco2)cc1Cl. The summed E-state index contributed by atoms with van der Waals surface area (Å²) in [5.41, 5.74) is 4.26. The largest absolute Gasteiger partial charge is 0.848 e. The molecular formula is C13H11ClN2O5-2. The Kier molecular flexibility index (Phi) is 4.19. The molecule has 0 aliphatic heterocycles. The van der Waals surface area contributed by atoms with Gasteiger partial charge in [0.05, 0.1) is 24.1 Å². The molecule has 112 valence electrons. The van der Waals surface area contributed by atoms with Gasteiger partial charge in [0.2, 0.25) is 0 Å². The lowest BCUT2D eigenvalue weighted by atomic mass is 10.1. The lowest BCUT2D eigenvalue weighted by Crippen LogP contribution is -2.60. The molecule has 21 heavy (non-hydrogen) atoms. The number of carboxylic acids is 1. The number of rotatable bonds is 5. The molecule has 2 aromatic rings. The van der Waals surface area contributed by atoms with Gasteiger partial charge in [0.15, 0.2) is 0 Å². The Bertz CT molecular complexity index is 649. The molecule has 2 rings (SSSR count). The van der Waals surface area contributed by atoms with Crippen molar-refractivity contribution in [2.45, 2.75) is 12.5 Å². The highest BCUT2D eigenvalue weighted by Gasteiger charge is 2.16. The Hall–Kier alpha value is -2.06. The van der Waals surface area contributed by atoms with E-state index in [1.165, 1.54) is 12.3 Å². The fraction of sp³-hybridized carbons (Fsp3) is 0.154. The van der Waals surface area contributed by atoms with Crippen molar-refractivity contribution in [3.63, 3.8) is 0 Å². The predicted molar refractivity (Wildman–Crippen MR) is 70.3 cm³/mol. The van der Waals surface area contributed by atoms with Gasteiger partial charge in [-0.2, -0.15) is 0 Å². The molecule has 0 saturated carbocycles. The smallest absolute Gasteiger partial charge is 0.337 e. The average molecular weight is 311 g/mol. The third kappa shape index (κ3) is 3.53. The number of benzene rings is 1. The minimum Gasteiger partial charge on any atom is -0.848 e. The van der Waals surface area contributed by atoms with Crippen LogP contribution in [0.3, 0.4) is 0 Å². The van der Waals surface area contributed by atoms with Crippen molar-refractivity contribution < 1.29 is 24.5 Å². The number of hydrogen-bond acceptors (Lipinski definition) is 6. The standard InChI is InChI=1S/C13H11ClN2O5/c14-10-5-11(16-6-7-2-1-3-21-7)8(12(17)18)4-9(10)13(15,19)20/h1-5,16H,6,15H2,(H,17,18)/q-2. The van der Waals surface area contributed by atoms with Gasteiger partial charge in [0, 0.05) is 5.02 Å². The molecule has 1 aromatic heterocycles. The summed E-state index contributed by atoms with van der Waals surface area (Å²) < 4.78 is 5.10. The number of nitrogens with two attached hydrogens (primary N) is 1. The highest BCUT2D eigenvalue weighted by Crippen LogP contribution is 2.28. The molecule has 0 aliphatic rings. The molecule has 7 nitrogen and oxygen atoms in total. The van der Waals surface area contributed by atoms with Gasteiger partial charge < -0.3 is 30.8 Å². The highest BCUT2D eigenvalue weighted by molar-refractivity contribution is 6.32. The second kappa shape index (κ2) is 5.74. The number of carbonyl (C=O) groups is 1. The molecular weight excluding hydrogens is 300 g/mol. The highest BCUT2D eigenvalue weighted by atomic mass is 35.5. The van der Waals surface area contributed by atoms with Gasteiger partial charge in [-0.3, -0.25) is 0 Å². The van der Waals surface area contributed by atoms with Crippen LogP contribution in [0.4, 0.5) is 5.69 Å². The van der Waals surface area contributed by atoms with E-state index in [2.05, 4.69) is 5.32 Å². The maximum atomic E-state index is 11.3.